The van der Waals surface area contributed by atoms with Crippen LogP contribution >= 0.6 is 22.7 Å². The van der Waals surface area contributed by atoms with Gasteiger partial charge in [0.1, 0.15) is 0 Å². The fourth-order valence-corrected chi connectivity index (χ4v) is 11.2. The summed E-state index contributed by atoms with van der Waals surface area (Å²) in [7, 11) is 0. The second-order valence-corrected chi connectivity index (χ2v) is 16.6. The average molecular weight is 700 g/mol. The molecule has 2 aromatic heterocycles. The average Bonchev–Trinajstić information content (AvgIpc) is 3.83. The molecule has 0 bridgehead atoms. The third kappa shape index (κ3) is 4.27. The van der Waals surface area contributed by atoms with Crippen molar-refractivity contribution in [3.05, 3.63) is 175 Å². The van der Waals surface area contributed by atoms with Crippen molar-refractivity contribution in [3.63, 3.8) is 0 Å². The normalized spacial score (nSPS) is 13.3. The van der Waals surface area contributed by atoms with Gasteiger partial charge in [0, 0.05) is 52.4 Å². The van der Waals surface area contributed by atoms with Gasteiger partial charge < -0.3 is 4.90 Å². The third-order valence-electron chi connectivity index (χ3n) is 11.3. The van der Waals surface area contributed by atoms with Crippen molar-refractivity contribution in [1.82, 2.24) is 0 Å². The van der Waals surface area contributed by atoms with Gasteiger partial charge >= 0.3 is 0 Å². The molecule has 1 aliphatic rings. The Hall–Kier alpha value is -5.74. The molecule has 11 rings (SSSR count). The molecule has 2 heterocycles. The van der Waals surface area contributed by atoms with Crippen LogP contribution in [0.2, 0.25) is 0 Å². The first-order valence-electron chi connectivity index (χ1n) is 17.9. The van der Waals surface area contributed by atoms with E-state index >= 15 is 0 Å². The maximum atomic E-state index is 2.47. The molecule has 10 aromatic rings. The molecule has 0 spiro atoms. The van der Waals surface area contributed by atoms with Crippen molar-refractivity contribution in [3.8, 4) is 22.3 Å². The van der Waals surface area contributed by atoms with E-state index in [4.69, 9.17) is 0 Å². The van der Waals surface area contributed by atoms with Crippen LogP contribution in [0.15, 0.2) is 164 Å². The summed E-state index contributed by atoms with van der Waals surface area (Å²) < 4.78 is 5.27. The van der Waals surface area contributed by atoms with Crippen LogP contribution in [0.25, 0.3) is 73.4 Å². The van der Waals surface area contributed by atoms with Crippen molar-refractivity contribution >= 4 is 90.9 Å². The Balaban J connectivity index is 1.12. The predicted molar refractivity (Wildman–Crippen MR) is 227 cm³/mol. The zero-order valence-electron chi connectivity index (χ0n) is 28.9. The zero-order valence-corrected chi connectivity index (χ0v) is 30.5. The van der Waals surface area contributed by atoms with Gasteiger partial charge in [-0.1, -0.05) is 141 Å². The van der Waals surface area contributed by atoms with E-state index in [-0.39, 0.29) is 5.41 Å². The molecule has 1 nitrogen and oxygen atoms in total. The maximum absolute atomic E-state index is 2.47. The summed E-state index contributed by atoms with van der Waals surface area (Å²) in [6, 6.07) is 61.0. The molecule has 0 N–H and O–H groups in total. The molecule has 246 valence electrons. The smallest absolute Gasteiger partial charge is 0.0640 e. The highest BCUT2D eigenvalue weighted by Gasteiger charge is 2.36. The monoisotopic (exact) mass is 699 g/mol. The van der Waals surface area contributed by atoms with Gasteiger partial charge in [-0.05, 0) is 80.6 Å². The minimum absolute atomic E-state index is 0.0296. The molecule has 0 atom stereocenters. The lowest BCUT2D eigenvalue weighted by Crippen LogP contribution is -2.14. The minimum Gasteiger partial charge on any atom is -0.309 e. The van der Waals surface area contributed by atoms with Gasteiger partial charge in [0.15, 0.2) is 0 Å². The molecule has 0 saturated carbocycles. The highest BCUT2D eigenvalue weighted by Crippen LogP contribution is 2.53. The lowest BCUT2D eigenvalue weighted by molar-refractivity contribution is 0.660. The predicted octanol–water partition coefficient (Wildman–Crippen LogP) is 15.0. The summed E-state index contributed by atoms with van der Waals surface area (Å²) in [5.74, 6) is 0. The Kier molecular flexibility index (Phi) is 6.41. The fraction of sp³-hybridized carbons (Fsp3) is 0.0612. The van der Waals surface area contributed by atoms with E-state index in [1.807, 2.05) is 22.7 Å². The Morgan fingerprint density at radius 1 is 0.442 bits per heavy atom. The van der Waals surface area contributed by atoms with E-state index in [0.717, 1.165) is 11.4 Å². The van der Waals surface area contributed by atoms with Gasteiger partial charge in [0.2, 0.25) is 0 Å². The molecule has 3 heteroatoms. The van der Waals surface area contributed by atoms with Crippen LogP contribution in [0.4, 0.5) is 17.1 Å². The number of hydrogen-bond donors (Lipinski definition) is 0. The van der Waals surface area contributed by atoms with Gasteiger partial charge in [-0.15, -0.1) is 22.7 Å². The number of fused-ring (bicyclic) bond motifs is 11. The Bertz CT molecular complexity index is 3050. The standard InChI is InChI=1S/C49H33NS2/c1-49(2)41-17-7-5-14-40(41)46-34(15-9-18-42(46)49)31-21-24-32(25-22-31)50(33-26-28-37-36-13-6-8-20-44(36)51-45(37)29-33)43-19-10-16-38-39-27-23-30-11-3-4-12-35(30)47(39)52-48(38)43/h3-29H,1-2H3. The summed E-state index contributed by atoms with van der Waals surface area (Å²) in [4.78, 5) is 2.47. The first kappa shape index (κ1) is 29.9. The van der Waals surface area contributed by atoms with Crippen LogP contribution in [0.1, 0.15) is 25.0 Å². The van der Waals surface area contributed by atoms with Gasteiger partial charge in [-0.2, -0.15) is 0 Å². The van der Waals surface area contributed by atoms with Crippen LogP contribution in [-0.4, -0.2) is 0 Å². The summed E-state index contributed by atoms with van der Waals surface area (Å²) in [5.41, 5.74) is 11.5. The summed E-state index contributed by atoms with van der Waals surface area (Å²) in [6.45, 7) is 4.71. The number of nitrogens with zero attached hydrogens (tertiary/aromatic N) is 1. The number of hydrogen-bond acceptors (Lipinski definition) is 3. The molecule has 8 aromatic carbocycles. The molecule has 0 amide bonds. The molecule has 1 aliphatic carbocycles. The number of thiophene rings is 2. The molecule has 0 fully saturated rings. The second-order valence-electron chi connectivity index (χ2n) is 14.5. The maximum Gasteiger partial charge on any atom is 0.0640 e. The highest BCUT2D eigenvalue weighted by atomic mass is 32.1. The van der Waals surface area contributed by atoms with Crippen molar-refractivity contribution in [2.45, 2.75) is 19.3 Å². The van der Waals surface area contributed by atoms with E-state index in [1.54, 1.807) is 0 Å². The zero-order chi connectivity index (χ0) is 34.6. The molecular formula is C49H33NS2. The lowest BCUT2D eigenvalue weighted by Gasteiger charge is -2.26. The topological polar surface area (TPSA) is 3.24 Å². The molecule has 0 saturated heterocycles. The SMILES string of the molecule is CC1(C)c2ccccc2-c2c(-c3ccc(N(c4ccc5c(c4)sc4ccccc45)c4cccc5c4sc4c6ccccc6ccc54)cc3)cccc21. The van der Waals surface area contributed by atoms with Crippen LogP contribution < -0.4 is 4.90 Å². The largest absolute Gasteiger partial charge is 0.309 e. The minimum atomic E-state index is -0.0296. The highest BCUT2D eigenvalue weighted by molar-refractivity contribution is 7.27. The van der Waals surface area contributed by atoms with Crippen molar-refractivity contribution in [2.75, 3.05) is 4.90 Å². The molecule has 0 radical (unpaired) electrons. The first-order chi connectivity index (χ1) is 25.5. The van der Waals surface area contributed by atoms with Crippen LogP contribution in [-0.2, 0) is 5.41 Å². The van der Waals surface area contributed by atoms with Gasteiger partial charge in [-0.25, -0.2) is 0 Å². The summed E-state index contributed by atoms with van der Waals surface area (Å²) >= 11 is 3.78. The van der Waals surface area contributed by atoms with Gasteiger partial charge in [0.05, 0.1) is 10.4 Å². The molecule has 52 heavy (non-hydrogen) atoms. The second kappa shape index (κ2) is 11.1. The Morgan fingerprint density at radius 2 is 1.10 bits per heavy atom. The lowest BCUT2D eigenvalue weighted by atomic mass is 9.82. The van der Waals surface area contributed by atoms with E-state index in [1.165, 1.54) is 90.2 Å². The first-order valence-corrected chi connectivity index (χ1v) is 19.6. The summed E-state index contributed by atoms with van der Waals surface area (Å²) in [6.07, 6.45) is 0. The number of rotatable bonds is 4. The molecule has 0 aliphatic heterocycles. The third-order valence-corrected chi connectivity index (χ3v) is 13.7. The van der Waals surface area contributed by atoms with E-state index in [2.05, 4.69) is 183 Å². The van der Waals surface area contributed by atoms with E-state index in [0.29, 0.717) is 0 Å². The van der Waals surface area contributed by atoms with Crippen molar-refractivity contribution < 1.29 is 0 Å². The van der Waals surface area contributed by atoms with Crippen molar-refractivity contribution in [2.24, 2.45) is 0 Å². The quantitative estimate of drug-likeness (QED) is 0.177. The van der Waals surface area contributed by atoms with Crippen LogP contribution in [0.3, 0.4) is 0 Å². The van der Waals surface area contributed by atoms with Crippen LogP contribution in [0.5, 0.6) is 0 Å². The Labute approximate surface area is 310 Å². The van der Waals surface area contributed by atoms with E-state index < -0.39 is 0 Å². The van der Waals surface area contributed by atoms with Crippen LogP contribution in [0, 0.1) is 0 Å². The van der Waals surface area contributed by atoms with Gasteiger partial charge in [0.25, 0.3) is 0 Å². The van der Waals surface area contributed by atoms with Crippen molar-refractivity contribution in [1.29, 1.82) is 0 Å². The molecular weight excluding hydrogens is 667 g/mol. The number of anilines is 3. The number of benzene rings is 8. The van der Waals surface area contributed by atoms with Gasteiger partial charge in [-0.3, -0.25) is 0 Å². The Morgan fingerprint density at radius 3 is 2.00 bits per heavy atom. The molecule has 0 unspecified atom stereocenters. The fourth-order valence-electron chi connectivity index (χ4n) is 8.75. The van der Waals surface area contributed by atoms with E-state index in [9.17, 15) is 0 Å². The summed E-state index contributed by atoms with van der Waals surface area (Å²) in [5, 5.41) is 7.85.